The second kappa shape index (κ2) is 6.44. The van der Waals surface area contributed by atoms with Crippen molar-refractivity contribution in [3.63, 3.8) is 0 Å². The molecule has 2 aromatic rings. The van der Waals surface area contributed by atoms with Crippen LogP contribution in [0.3, 0.4) is 0 Å². The van der Waals surface area contributed by atoms with Gasteiger partial charge in [-0.2, -0.15) is 5.10 Å². The smallest absolute Gasteiger partial charge is 0.264 e. The Balaban J connectivity index is 1.80. The third-order valence-electron chi connectivity index (χ3n) is 2.41. The first kappa shape index (κ1) is 12.9. The number of ether oxygens (including phenoxy) is 2. The predicted octanol–water partition coefficient (Wildman–Crippen LogP) is 1.27. The molecule has 0 aliphatic heterocycles. The van der Waals surface area contributed by atoms with Crippen LogP contribution in [-0.4, -0.2) is 30.5 Å². The lowest BCUT2D eigenvalue weighted by molar-refractivity contribution is 0.305. The number of aromatic nitrogens is 2. The van der Waals surface area contributed by atoms with Gasteiger partial charge < -0.3 is 14.8 Å². The van der Waals surface area contributed by atoms with Crippen molar-refractivity contribution in [2.45, 2.75) is 0 Å². The van der Waals surface area contributed by atoms with Gasteiger partial charge in [-0.05, 0) is 18.2 Å². The summed E-state index contributed by atoms with van der Waals surface area (Å²) in [4.78, 5) is 10.8. The molecule has 0 fully saturated rings. The number of H-pyrrole nitrogens is 1. The molecule has 100 valence electrons. The number of para-hydroxylation sites is 2. The lowest BCUT2D eigenvalue weighted by atomic mass is 10.3. The zero-order valence-electron chi connectivity index (χ0n) is 10.6. The van der Waals surface area contributed by atoms with E-state index in [2.05, 4.69) is 15.5 Å². The lowest BCUT2D eigenvalue weighted by Crippen LogP contribution is -2.15. The number of hydrogen-bond donors (Lipinski definition) is 2. The molecule has 0 aliphatic rings. The Morgan fingerprint density at radius 2 is 2.00 bits per heavy atom. The van der Waals surface area contributed by atoms with Crippen LogP contribution in [0.25, 0.3) is 0 Å². The summed E-state index contributed by atoms with van der Waals surface area (Å²) in [5.41, 5.74) is -0.226. The van der Waals surface area contributed by atoms with E-state index in [-0.39, 0.29) is 5.56 Å². The van der Waals surface area contributed by atoms with Gasteiger partial charge in [0.25, 0.3) is 5.56 Å². The van der Waals surface area contributed by atoms with Crippen LogP contribution < -0.4 is 20.3 Å². The van der Waals surface area contributed by atoms with E-state index in [1.807, 2.05) is 24.3 Å². The summed E-state index contributed by atoms with van der Waals surface area (Å²) in [6.45, 7) is 1.03. The van der Waals surface area contributed by atoms with Crippen molar-refractivity contribution in [1.82, 2.24) is 10.2 Å². The zero-order chi connectivity index (χ0) is 13.5. The van der Waals surface area contributed by atoms with Crippen molar-refractivity contribution in [1.29, 1.82) is 0 Å². The molecule has 0 saturated carbocycles. The fraction of sp³-hybridized carbons (Fsp3) is 0.231. The third-order valence-corrected chi connectivity index (χ3v) is 2.41. The molecular formula is C13H15N3O3. The fourth-order valence-electron chi connectivity index (χ4n) is 1.52. The van der Waals surface area contributed by atoms with Gasteiger partial charge in [0.15, 0.2) is 11.5 Å². The van der Waals surface area contributed by atoms with Gasteiger partial charge >= 0.3 is 0 Å². The summed E-state index contributed by atoms with van der Waals surface area (Å²) in [5.74, 6) is 1.99. The highest BCUT2D eigenvalue weighted by Crippen LogP contribution is 2.25. The maximum absolute atomic E-state index is 10.8. The van der Waals surface area contributed by atoms with Crippen LogP contribution in [-0.2, 0) is 0 Å². The summed E-state index contributed by atoms with van der Waals surface area (Å²) < 4.78 is 10.8. The SMILES string of the molecule is COc1ccccc1OCCNc1ccc(=O)[nH]n1. The summed E-state index contributed by atoms with van der Waals surface area (Å²) in [5, 5.41) is 9.21. The van der Waals surface area contributed by atoms with E-state index < -0.39 is 0 Å². The average Bonchev–Trinajstić information content (AvgIpc) is 2.46. The quantitative estimate of drug-likeness (QED) is 0.766. The molecule has 1 aromatic heterocycles. The number of nitrogens with zero attached hydrogens (tertiary/aromatic N) is 1. The molecule has 1 aromatic carbocycles. The van der Waals surface area contributed by atoms with E-state index in [9.17, 15) is 4.79 Å². The van der Waals surface area contributed by atoms with Gasteiger partial charge in [0.05, 0.1) is 13.7 Å². The number of methoxy groups -OCH3 is 1. The van der Waals surface area contributed by atoms with Gasteiger partial charge in [-0.3, -0.25) is 4.79 Å². The Morgan fingerprint density at radius 3 is 2.68 bits per heavy atom. The molecule has 6 heteroatoms. The monoisotopic (exact) mass is 261 g/mol. The molecule has 19 heavy (non-hydrogen) atoms. The van der Waals surface area contributed by atoms with Crippen LogP contribution in [0, 0.1) is 0 Å². The van der Waals surface area contributed by atoms with Crippen molar-refractivity contribution in [2.24, 2.45) is 0 Å². The van der Waals surface area contributed by atoms with Gasteiger partial charge in [0, 0.05) is 6.07 Å². The Kier molecular flexibility index (Phi) is 4.39. The zero-order valence-corrected chi connectivity index (χ0v) is 10.6. The normalized spacial score (nSPS) is 9.95. The molecule has 1 heterocycles. The highest BCUT2D eigenvalue weighted by atomic mass is 16.5. The van der Waals surface area contributed by atoms with Crippen LogP contribution >= 0.6 is 0 Å². The Labute approximate surface area is 110 Å². The Bertz CT molecular complexity index is 563. The second-order valence-corrected chi connectivity index (χ2v) is 3.73. The summed E-state index contributed by atoms with van der Waals surface area (Å²) in [6.07, 6.45) is 0. The van der Waals surface area contributed by atoms with Crippen LogP contribution in [0.1, 0.15) is 0 Å². The lowest BCUT2D eigenvalue weighted by Gasteiger charge is -2.10. The predicted molar refractivity (Wildman–Crippen MR) is 71.8 cm³/mol. The van der Waals surface area contributed by atoms with Crippen molar-refractivity contribution in [3.8, 4) is 11.5 Å². The van der Waals surface area contributed by atoms with Crippen molar-refractivity contribution >= 4 is 5.82 Å². The van der Waals surface area contributed by atoms with Crippen LogP contribution in [0.2, 0.25) is 0 Å². The van der Waals surface area contributed by atoms with E-state index in [0.29, 0.717) is 30.5 Å². The van der Waals surface area contributed by atoms with E-state index in [4.69, 9.17) is 9.47 Å². The minimum Gasteiger partial charge on any atom is -0.493 e. The first-order chi connectivity index (χ1) is 9.29. The highest BCUT2D eigenvalue weighted by molar-refractivity contribution is 5.39. The van der Waals surface area contributed by atoms with E-state index >= 15 is 0 Å². The van der Waals surface area contributed by atoms with Crippen LogP contribution in [0.15, 0.2) is 41.2 Å². The number of nitrogens with one attached hydrogen (secondary N) is 2. The number of rotatable bonds is 6. The number of anilines is 1. The van der Waals surface area contributed by atoms with Crippen LogP contribution in [0.5, 0.6) is 11.5 Å². The van der Waals surface area contributed by atoms with Crippen molar-refractivity contribution < 1.29 is 9.47 Å². The van der Waals surface area contributed by atoms with Crippen molar-refractivity contribution in [3.05, 3.63) is 46.8 Å². The van der Waals surface area contributed by atoms with Gasteiger partial charge in [0.2, 0.25) is 0 Å². The molecule has 0 aliphatic carbocycles. The second-order valence-electron chi connectivity index (χ2n) is 3.73. The largest absolute Gasteiger partial charge is 0.493 e. The Hall–Kier alpha value is -2.50. The minimum atomic E-state index is -0.226. The molecular weight excluding hydrogens is 246 g/mol. The Morgan fingerprint density at radius 1 is 1.21 bits per heavy atom. The maximum Gasteiger partial charge on any atom is 0.264 e. The number of benzene rings is 1. The first-order valence-electron chi connectivity index (χ1n) is 5.85. The van der Waals surface area contributed by atoms with Gasteiger partial charge in [-0.25, -0.2) is 5.10 Å². The van der Waals surface area contributed by atoms with Crippen LogP contribution in [0.4, 0.5) is 5.82 Å². The molecule has 0 spiro atoms. The van der Waals surface area contributed by atoms with E-state index in [0.717, 1.165) is 0 Å². The summed E-state index contributed by atoms with van der Waals surface area (Å²) >= 11 is 0. The fourth-order valence-corrected chi connectivity index (χ4v) is 1.52. The molecule has 0 bridgehead atoms. The average molecular weight is 261 g/mol. The topological polar surface area (TPSA) is 76.2 Å². The molecule has 0 amide bonds. The summed E-state index contributed by atoms with van der Waals surface area (Å²) in [7, 11) is 1.60. The van der Waals surface area contributed by atoms with Gasteiger partial charge in [-0.1, -0.05) is 12.1 Å². The molecule has 2 N–H and O–H groups in total. The number of hydrogen-bond acceptors (Lipinski definition) is 5. The van der Waals surface area contributed by atoms with Crippen molar-refractivity contribution in [2.75, 3.05) is 25.6 Å². The molecule has 0 radical (unpaired) electrons. The number of aromatic amines is 1. The van der Waals surface area contributed by atoms with Gasteiger partial charge in [-0.15, -0.1) is 0 Å². The van der Waals surface area contributed by atoms with E-state index in [1.165, 1.54) is 6.07 Å². The summed E-state index contributed by atoms with van der Waals surface area (Å²) in [6, 6.07) is 10.5. The molecule has 0 atom stereocenters. The third kappa shape index (κ3) is 3.74. The van der Waals surface area contributed by atoms with Gasteiger partial charge in [0.1, 0.15) is 12.4 Å². The minimum absolute atomic E-state index is 0.226. The molecule has 0 unspecified atom stereocenters. The molecule has 2 rings (SSSR count). The molecule has 0 saturated heterocycles. The standard InChI is InChI=1S/C13H15N3O3/c1-18-10-4-2-3-5-11(10)19-9-8-14-12-6-7-13(17)16-15-12/h2-7H,8-9H2,1H3,(H,14,15)(H,16,17). The molecule has 6 nitrogen and oxygen atoms in total. The maximum atomic E-state index is 10.8. The van der Waals surface area contributed by atoms with E-state index in [1.54, 1.807) is 13.2 Å². The first-order valence-corrected chi connectivity index (χ1v) is 5.85. The highest BCUT2D eigenvalue weighted by Gasteiger charge is 2.01.